The predicted octanol–water partition coefficient (Wildman–Crippen LogP) is 2.37. The lowest BCUT2D eigenvalue weighted by molar-refractivity contribution is 0.617. The molecule has 0 spiro atoms. The topological polar surface area (TPSA) is 50.7 Å². The number of hydrogen-bond acceptors (Lipinski definition) is 4. The third-order valence-corrected chi connectivity index (χ3v) is 4.05. The standard InChI is InChI=1S/C16H18N4/c1-10-3-2-4-14(18-10)16-19-13-7-8-17-9-12(13)15(20-16)11-5-6-11/h2-4,11,17H,5-9H2,1H3. The summed E-state index contributed by atoms with van der Waals surface area (Å²) in [6, 6.07) is 6.04. The van der Waals surface area contributed by atoms with Gasteiger partial charge in [-0.25, -0.2) is 15.0 Å². The highest BCUT2D eigenvalue weighted by molar-refractivity contribution is 5.51. The fraction of sp³-hybridized carbons (Fsp3) is 0.438. The second-order valence-electron chi connectivity index (χ2n) is 5.72. The molecule has 0 saturated heterocycles. The van der Waals surface area contributed by atoms with E-state index in [4.69, 9.17) is 9.97 Å². The third kappa shape index (κ3) is 2.10. The van der Waals surface area contributed by atoms with E-state index in [0.29, 0.717) is 5.92 Å². The number of fused-ring (bicyclic) bond motifs is 1. The van der Waals surface area contributed by atoms with Crippen LogP contribution in [0.25, 0.3) is 11.5 Å². The van der Waals surface area contributed by atoms with Gasteiger partial charge in [0, 0.05) is 36.7 Å². The fourth-order valence-electron chi connectivity index (χ4n) is 2.85. The molecule has 0 amide bonds. The van der Waals surface area contributed by atoms with E-state index in [9.17, 15) is 0 Å². The van der Waals surface area contributed by atoms with Crippen LogP contribution in [0.3, 0.4) is 0 Å². The van der Waals surface area contributed by atoms with Crippen molar-refractivity contribution < 1.29 is 0 Å². The first-order valence-corrected chi connectivity index (χ1v) is 7.36. The third-order valence-electron chi connectivity index (χ3n) is 4.05. The van der Waals surface area contributed by atoms with E-state index in [1.807, 2.05) is 25.1 Å². The monoisotopic (exact) mass is 266 g/mol. The molecule has 0 aromatic carbocycles. The zero-order valence-corrected chi connectivity index (χ0v) is 11.7. The Labute approximate surface area is 118 Å². The van der Waals surface area contributed by atoms with Gasteiger partial charge in [-0.1, -0.05) is 6.07 Å². The molecule has 0 unspecified atom stereocenters. The van der Waals surface area contributed by atoms with E-state index < -0.39 is 0 Å². The van der Waals surface area contributed by atoms with E-state index in [-0.39, 0.29) is 0 Å². The number of hydrogen-bond donors (Lipinski definition) is 1. The molecule has 1 fully saturated rings. The van der Waals surface area contributed by atoms with Gasteiger partial charge in [0.1, 0.15) is 5.69 Å². The van der Waals surface area contributed by atoms with Crippen molar-refractivity contribution in [1.82, 2.24) is 20.3 Å². The van der Waals surface area contributed by atoms with Gasteiger partial charge in [-0.05, 0) is 31.9 Å². The second-order valence-corrected chi connectivity index (χ2v) is 5.72. The molecule has 1 saturated carbocycles. The summed E-state index contributed by atoms with van der Waals surface area (Å²) in [6.07, 6.45) is 3.53. The average molecular weight is 266 g/mol. The molecule has 102 valence electrons. The summed E-state index contributed by atoms with van der Waals surface area (Å²) >= 11 is 0. The van der Waals surface area contributed by atoms with Crippen molar-refractivity contribution >= 4 is 0 Å². The molecule has 0 bridgehead atoms. The number of pyridine rings is 1. The van der Waals surface area contributed by atoms with E-state index in [2.05, 4.69) is 10.3 Å². The Morgan fingerprint density at radius 3 is 2.85 bits per heavy atom. The Kier molecular flexibility index (Phi) is 2.77. The van der Waals surface area contributed by atoms with Crippen molar-refractivity contribution in [1.29, 1.82) is 0 Å². The molecule has 2 aliphatic rings. The minimum atomic E-state index is 0.648. The Balaban J connectivity index is 1.86. The average Bonchev–Trinajstić information content (AvgIpc) is 3.31. The molecule has 1 N–H and O–H groups in total. The Morgan fingerprint density at radius 2 is 2.05 bits per heavy atom. The van der Waals surface area contributed by atoms with Gasteiger partial charge < -0.3 is 5.32 Å². The number of aryl methyl sites for hydroxylation is 1. The van der Waals surface area contributed by atoms with Gasteiger partial charge in [0.2, 0.25) is 0 Å². The molecule has 3 heterocycles. The molecule has 1 aliphatic carbocycles. The normalized spacial score (nSPS) is 17.9. The fourth-order valence-corrected chi connectivity index (χ4v) is 2.85. The van der Waals surface area contributed by atoms with Crippen LogP contribution in [0.15, 0.2) is 18.2 Å². The van der Waals surface area contributed by atoms with Gasteiger partial charge in [0.25, 0.3) is 0 Å². The number of nitrogens with one attached hydrogen (secondary N) is 1. The summed E-state index contributed by atoms with van der Waals surface area (Å²) in [5.41, 5.74) is 5.74. The summed E-state index contributed by atoms with van der Waals surface area (Å²) < 4.78 is 0. The van der Waals surface area contributed by atoms with Crippen LogP contribution < -0.4 is 5.32 Å². The van der Waals surface area contributed by atoms with Crippen molar-refractivity contribution in [2.45, 2.75) is 38.6 Å². The quantitative estimate of drug-likeness (QED) is 0.906. The van der Waals surface area contributed by atoms with Crippen LogP contribution in [0.2, 0.25) is 0 Å². The first kappa shape index (κ1) is 12.0. The highest BCUT2D eigenvalue weighted by atomic mass is 15.0. The van der Waals surface area contributed by atoms with Crippen LogP contribution in [0.5, 0.6) is 0 Å². The Morgan fingerprint density at radius 1 is 1.15 bits per heavy atom. The first-order valence-electron chi connectivity index (χ1n) is 7.36. The van der Waals surface area contributed by atoms with Gasteiger partial charge in [0.15, 0.2) is 5.82 Å². The SMILES string of the molecule is Cc1cccc(-c2nc3c(c(C4CC4)n2)CNCC3)n1. The van der Waals surface area contributed by atoms with Crippen molar-refractivity contribution in [3.05, 3.63) is 40.8 Å². The molecule has 1 aliphatic heterocycles. The van der Waals surface area contributed by atoms with E-state index >= 15 is 0 Å². The van der Waals surface area contributed by atoms with Gasteiger partial charge in [-0.15, -0.1) is 0 Å². The molecule has 4 nitrogen and oxygen atoms in total. The van der Waals surface area contributed by atoms with Gasteiger partial charge in [-0.3, -0.25) is 0 Å². The summed E-state index contributed by atoms with van der Waals surface area (Å²) in [4.78, 5) is 14.2. The van der Waals surface area contributed by atoms with Gasteiger partial charge in [0.05, 0.1) is 11.4 Å². The largest absolute Gasteiger partial charge is 0.312 e. The smallest absolute Gasteiger partial charge is 0.178 e. The van der Waals surface area contributed by atoms with E-state index in [0.717, 1.165) is 36.7 Å². The summed E-state index contributed by atoms with van der Waals surface area (Å²) in [5, 5.41) is 3.44. The predicted molar refractivity (Wildman–Crippen MR) is 77.4 cm³/mol. The molecule has 2 aromatic heterocycles. The summed E-state index contributed by atoms with van der Waals surface area (Å²) in [6.45, 7) is 3.94. The molecule has 4 rings (SSSR count). The zero-order valence-electron chi connectivity index (χ0n) is 11.7. The van der Waals surface area contributed by atoms with Crippen molar-refractivity contribution in [2.75, 3.05) is 6.54 Å². The Hall–Kier alpha value is -1.81. The highest BCUT2D eigenvalue weighted by Gasteiger charge is 2.30. The van der Waals surface area contributed by atoms with E-state index in [1.165, 1.54) is 29.8 Å². The first-order chi connectivity index (χ1) is 9.81. The summed E-state index contributed by atoms with van der Waals surface area (Å²) in [5.74, 6) is 1.45. The summed E-state index contributed by atoms with van der Waals surface area (Å²) in [7, 11) is 0. The van der Waals surface area contributed by atoms with Crippen molar-refractivity contribution in [2.24, 2.45) is 0 Å². The molecule has 2 aromatic rings. The minimum Gasteiger partial charge on any atom is -0.312 e. The highest BCUT2D eigenvalue weighted by Crippen LogP contribution is 2.42. The van der Waals surface area contributed by atoms with Crippen molar-refractivity contribution in [3.8, 4) is 11.5 Å². The van der Waals surface area contributed by atoms with Crippen LogP contribution in [0.4, 0.5) is 0 Å². The van der Waals surface area contributed by atoms with Crippen LogP contribution in [0, 0.1) is 6.92 Å². The zero-order chi connectivity index (χ0) is 13.5. The Bertz CT molecular complexity index is 662. The van der Waals surface area contributed by atoms with Gasteiger partial charge in [-0.2, -0.15) is 0 Å². The maximum Gasteiger partial charge on any atom is 0.178 e. The lowest BCUT2D eigenvalue weighted by Crippen LogP contribution is -2.26. The molecule has 0 radical (unpaired) electrons. The van der Waals surface area contributed by atoms with Crippen molar-refractivity contribution in [3.63, 3.8) is 0 Å². The molecular weight excluding hydrogens is 248 g/mol. The number of aromatic nitrogens is 3. The lowest BCUT2D eigenvalue weighted by Gasteiger charge is -2.20. The maximum absolute atomic E-state index is 4.85. The lowest BCUT2D eigenvalue weighted by atomic mass is 10.0. The molecule has 0 atom stereocenters. The van der Waals surface area contributed by atoms with Crippen LogP contribution in [-0.4, -0.2) is 21.5 Å². The molecule has 20 heavy (non-hydrogen) atoms. The number of nitrogens with zero attached hydrogens (tertiary/aromatic N) is 3. The van der Waals surface area contributed by atoms with Crippen LogP contribution >= 0.6 is 0 Å². The minimum absolute atomic E-state index is 0.648. The number of rotatable bonds is 2. The van der Waals surface area contributed by atoms with Crippen LogP contribution in [-0.2, 0) is 13.0 Å². The maximum atomic E-state index is 4.85. The second kappa shape index (κ2) is 4.63. The van der Waals surface area contributed by atoms with Crippen LogP contribution in [0.1, 0.15) is 41.4 Å². The van der Waals surface area contributed by atoms with Gasteiger partial charge >= 0.3 is 0 Å². The van der Waals surface area contributed by atoms with E-state index in [1.54, 1.807) is 0 Å². The molecular formula is C16H18N4. The molecule has 4 heteroatoms.